The van der Waals surface area contributed by atoms with Crippen molar-refractivity contribution in [3.05, 3.63) is 36.3 Å². The van der Waals surface area contributed by atoms with E-state index in [0.717, 1.165) is 29.4 Å². The summed E-state index contributed by atoms with van der Waals surface area (Å²) in [5.74, 6) is -0.119. The van der Waals surface area contributed by atoms with Crippen molar-refractivity contribution in [3.63, 3.8) is 0 Å². The maximum Gasteiger partial charge on any atom is 0.271 e. The number of anilines is 1. The Morgan fingerprint density at radius 1 is 1.18 bits per heavy atom. The van der Waals surface area contributed by atoms with E-state index in [-0.39, 0.29) is 23.3 Å². The maximum atomic E-state index is 12.4. The summed E-state index contributed by atoms with van der Waals surface area (Å²) in [6, 6.07) is 5.90. The van der Waals surface area contributed by atoms with Crippen molar-refractivity contribution >= 4 is 33.8 Å². The lowest BCUT2D eigenvalue weighted by Crippen LogP contribution is -2.51. The number of nitrogens with zero attached hydrogens (tertiary/aromatic N) is 7. The van der Waals surface area contributed by atoms with Crippen LogP contribution in [0, 0.1) is 5.41 Å². The van der Waals surface area contributed by atoms with E-state index in [0.29, 0.717) is 36.7 Å². The zero-order chi connectivity index (χ0) is 23.6. The number of nitrogens with two attached hydrogens (primary N) is 2. The fraction of sp³-hybridized carbons (Fsp3) is 0.435. The van der Waals surface area contributed by atoms with Gasteiger partial charge in [-0.2, -0.15) is 10.2 Å². The molecule has 2 aliphatic rings. The molecule has 11 heteroatoms. The molecule has 2 aliphatic heterocycles. The summed E-state index contributed by atoms with van der Waals surface area (Å²) in [6.45, 7) is 4.11. The quantitative estimate of drug-likeness (QED) is 0.462. The minimum absolute atomic E-state index is 0.00817. The summed E-state index contributed by atoms with van der Waals surface area (Å²) in [4.78, 5) is 23.9. The molecule has 2 fully saturated rings. The zero-order valence-electron chi connectivity index (χ0n) is 19.2. The molecule has 4 aromatic rings. The minimum Gasteiger partial charge on any atom is -0.376 e. The van der Waals surface area contributed by atoms with Gasteiger partial charge in [-0.15, -0.1) is 0 Å². The van der Waals surface area contributed by atoms with Gasteiger partial charge in [-0.05, 0) is 38.0 Å². The third-order valence-corrected chi connectivity index (χ3v) is 7.50. The summed E-state index contributed by atoms with van der Waals surface area (Å²) >= 11 is 0. The summed E-state index contributed by atoms with van der Waals surface area (Å²) in [7, 11) is 1.89. The van der Waals surface area contributed by atoms with E-state index in [1.54, 1.807) is 15.6 Å². The van der Waals surface area contributed by atoms with Crippen LogP contribution in [0.1, 0.15) is 30.3 Å². The Morgan fingerprint density at radius 3 is 2.68 bits per heavy atom. The van der Waals surface area contributed by atoms with Gasteiger partial charge in [-0.3, -0.25) is 9.48 Å². The number of piperidine rings is 1. The molecule has 1 amide bonds. The van der Waals surface area contributed by atoms with Crippen LogP contribution in [-0.2, 0) is 11.8 Å². The Hall–Kier alpha value is -3.57. The first kappa shape index (κ1) is 21.0. The van der Waals surface area contributed by atoms with Gasteiger partial charge in [0.2, 0.25) is 0 Å². The van der Waals surface area contributed by atoms with Gasteiger partial charge in [0.1, 0.15) is 5.52 Å². The average molecular weight is 462 g/mol. The SMILES string of the molecule is C[C@@H]1OCC2(CCN(c3nc4cnn(-c5ccc6cnn(C)c6c5)c4nc3C(N)=O)CC2)[C@@H]1N. The molecule has 3 aromatic heterocycles. The molecule has 2 saturated heterocycles. The number of hydrogen-bond donors (Lipinski definition) is 2. The number of benzene rings is 1. The molecular weight excluding hydrogens is 434 g/mol. The number of rotatable bonds is 3. The topological polar surface area (TPSA) is 143 Å². The highest BCUT2D eigenvalue weighted by atomic mass is 16.5. The van der Waals surface area contributed by atoms with Crippen LogP contribution in [-0.4, -0.2) is 67.3 Å². The number of amides is 1. The third-order valence-electron chi connectivity index (χ3n) is 7.50. The lowest BCUT2D eigenvalue weighted by Gasteiger charge is -2.41. The first-order chi connectivity index (χ1) is 16.4. The van der Waals surface area contributed by atoms with Gasteiger partial charge in [0.25, 0.3) is 5.91 Å². The molecule has 6 rings (SSSR count). The van der Waals surface area contributed by atoms with Crippen LogP contribution in [0.5, 0.6) is 0 Å². The first-order valence-corrected chi connectivity index (χ1v) is 11.5. The molecule has 11 nitrogen and oxygen atoms in total. The smallest absolute Gasteiger partial charge is 0.271 e. The Morgan fingerprint density at radius 2 is 1.97 bits per heavy atom. The lowest BCUT2D eigenvalue weighted by atomic mass is 9.73. The number of primary amides is 1. The predicted octanol–water partition coefficient (Wildman–Crippen LogP) is 1.13. The normalized spacial score (nSPS) is 22.3. The average Bonchev–Trinajstić information content (AvgIpc) is 3.51. The Labute approximate surface area is 195 Å². The van der Waals surface area contributed by atoms with Crippen LogP contribution in [0.25, 0.3) is 27.8 Å². The lowest BCUT2D eigenvalue weighted by molar-refractivity contribution is 0.0969. The van der Waals surface area contributed by atoms with E-state index in [9.17, 15) is 4.79 Å². The van der Waals surface area contributed by atoms with Crippen molar-refractivity contribution in [3.8, 4) is 5.69 Å². The number of carbonyl (C=O) groups is 1. The number of hydrogen-bond acceptors (Lipinski definition) is 8. The fourth-order valence-electron chi connectivity index (χ4n) is 5.32. The molecule has 0 saturated carbocycles. The number of carbonyl (C=O) groups excluding carboxylic acids is 1. The Kier molecular flexibility index (Phi) is 4.61. The second-order valence-electron chi connectivity index (χ2n) is 9.43. The molecule has 0 unspecified atom stereocenters. The van der Waals surface area contributed by atoms with E-state index in [1.165, 1.54) is 0 Å². The standard InChI is InChI=1S/C23H27N9O2/c1-13-19(24)23(12-34-13)5-7-31(8-6-23)22-18(20(25)33)29-21-16(28-22)11-27-32(21)15-4-3-14-10-26-30(2)17(14)9-15/h3-4,9-11,13,19H,5-8,12,24H2,1-2H3,(H2,25,33)/t13-,19+/m0/s1. The maximum absolute atomic E-state index is 12.4. The number of aryl methyl sites for hydroxylation is 1. The third kappa shape index (κ3) is 3.07. The predicted molar refractivity (Wildman–Crippen MR) is 127 cm³/mol. The number of aromatic nitrogens is 6. The van der Waals surface area contributed by atoms with Crippen LogP contribution < -0.4 is 16.4 Å². The Bertz CT molecular complexity index is 1420. The summed E-state index contributed by atoms with van der Waals surface area (Å²) in [5.41, 5.74) is 15.2. The van der Waals surface area contributed by atoms with Crippen LogP contribution >= 0.6 is 0 Å². The number of ether oxygens (including phenoxy) is 1. The van der Waals surface area contributed by atoms with Crippen LogP contribution in [0.4, 0.5) is 5.82 Å². The highest BCUT2D eigenvalue weighted by Crippen LogP contribution is 2.42. The molecule has 34 heavy (non-hydrogen) atoms. The van der Waals surface area contributed by atoms with Crippen LogP contribution in [0.3, 0.4) is 0 Å². The molecule has 0 radical (unpaired) electrons. The number of fused-ring (bicyclic) bond motifs is 2. The van der Waals surface area contributed by atoms with Gasteiger partial charge in [-0.1, -0.05) is 0 Å². The van der Waals surface area contributed by atoms with Crippen molar-refractivity contribution in [2.24, 2.45) is 23.9 Å². The minimum atomic E-state index is -0.617. The van der Waals surface area contributed by atoms with E-state index >= 15 is 0 Å². The molecule has 4 N–H and O–H groups in total. The Balaban J connectivity index is 1.37. The highest BCUT2D eigenvalue weighted by molar-refractivity contribution is 5.97. The van der Waals surface area contributed by atoms with Gasteiger partial charge < -0.3 is 21.1 Å². The largest absolute Gasteiger partial charge is 0.376 e. The van der Waals surface area contributed by atoms with Crippen LogP contribution in [0.2, 0.25) is 0 Å². The molecule has 5 heterocycles. The highest BCUT2D eigenvalue weighted by Gasteiger charge is 2.48. The van der Waals surface area contributed by atoms with Crippen molar-refractivity contribution in [1.29, 1.82) is 0 Å². The van der Waals surface area contributed by atoms with Gasteiger partial charge in [0, 0.05) is 37.0 Å². The molecule has 2 atom stereocenters. The van der Waals surface area contributed by atoms with E-state index in [2.05, 4.69) is 20.1 Å². The molecule has 1 aromatic carbocycles. The fourth-order valence-corrected chi connectivity index (χ4v) is 5.32. The van der Waals surface area contributed by atoms with Gasteiger partial charge in [-0.25, -0.2) is 14.6 Å². The van der Waals surface area contributed by atoms with Crippen molar-refractivity contribution in [2.75, 3.05) is 24.6 Å². The van der Waals surface area contributed by atoms with Gasteiger partial charge in [0.15, 0.2) is 17.2 Å². The van der Waals surface area contributed by atoms with E-state index in [4.69, 9.17) is 21.2 Å². The molecule has 0 bridgehead atoms. The first-order valence-electron chi connectivity index (χ1n) is 11.5. The summed E-state index contributed by atoms with van der Waals surface area (Å²) < 4.78 is 9.30. The summed E-state index contributed by atoms with van der Waals surface area (Å²) in [5, 5.41) is 9.83. The van der Waals surface area contributed by atoms with E-state index < -0.39 is 5.91 Å². The van der Waals surface area contributed by atoms with Crippen molar-refractivity contribution in [2.45, 2.75) is 31.9 Å². The zero-order valence-corrected chi connectivity index (χ0v) is 19.2. The molecule has 176 valence electrons. The monoisotopic (exact) mass is 461 g/mol. The second-order valence-corrected chi connectivity index (χ2v) is 9.43. The van der Waals surface area contributed by atoms with Gasteiger partial charge >= 0.3 is 0 Å². The second kappa shape index (κ2) is 7.47. The van der Waals surface area contributed by atoms with Gasteiger partial charge in [0.05, 0.1) is 36.3 Å². The van der Waals surface area contributed by atoms with Crippen molar-refractivity contribution in [1.82, 2.24) is 29.5 Å². The molecular formula is C23H27N9O2. The molecule has 0 aliphatic carbocycles. The molecule has 1 spiro atoms. The summed E-state index contributed by atoms with van der Waals surface area (Å²) in [6.07, 6.45) is 5.25. The van der Waals surface area contributed by atoms with Crippen molar-refractivity contribution < 1.29 is 9.53 Å². The van der Waals surface area contributed by atoms with E-state index in [1.807, 2.05) is 38.4 Å². The van der Waals surface area contributed by atoms with Crippen LogP contribution in [0.15, 0.2) is 30.6 Å².